The van der Waals surface area contributed by atoms with Gasteiger partial charge < -0.3 is 18.8 Å². The number of sulfonamides is 1. The molecular weight excluding hydrogens is 478 g/mol. The van der Waals surface area contributed by atoms with E-state index in [1.807, 2.05) is 6.07 Å². The molecule has 0 fully saturated rings. The van der Waals surface area contributed by atoms with E-state index in [1.165, 1.54) is 24.5 Å². The zero-order valence-electron chi connectivity index (χ0n) is 18.0. The van der Waals surface area contributed by atoms with Crippen LogP contribution in [0.15, 0.2) is 105 Å². The van der Waals surface area contributed by atoms with Crippen LogP contribution < -0.4 is 19.5 Å². The minimum Gasteiger partial charge on any atom is -0.449 e. The number of hydrogen-bond donors (Lipinski definition) is 2. The Labute approximate surface area is 197 Å². The number of nitrogens with zero attached hydrogens (tertiary/aromatic N) is 1. The van der Waals surface area contributed by atoms with Crippen LogP contribution in [0.25, 0.3) is 0 Å². The molecule has 4 aromatic rings. The number of primary sulfonamides is 1. The molecule has 11 heteroatoms. The summed E-state index contributed by atoms with van der Waals surface area (Å²) in [4.78, 5) is 0.766. The van der Waals surface area contributed by atoms with Crippen molar-refractivity contribution in [2.24, 2.45) is 5.14 Å². The summed E-state index contributed by atoms with van der Waals surface area (Å²) < 4.78 is 62.1. The van der Waals surface area contributed by atoms with Crippen molar-refractivity contribution in [1.82, 2.24) is 0 Å². The first-order chi connectivity index (χ1) is 16.1. The van der Waals surface area contributed by atoms with Crippen molar-refractivity contribution in [2.75, 3.05) is 17.3 Å². The lowest BCUT2D eigenvalue weighted by Gasteiger charge is -2.24. The average molecular weight is 500 g/mol. The third-order valence-electron chi connectivity index (χ3n) is 4.87. The highest BCUT2D eigenvalue weighted by Gasteiger charge is 2.28. The van der Waals surface area contributed by atoms with Crippen LogP contribution in [0.4, 0.5) is 22.9 Å². The molecule has 0 saturated carbocycles. The minimum atomic E-state index is -4.48. The first-order valence-electron chi connectivity index (χ1n) is 9.95. The zero-order valence-corrected chi connectivity index (χ0v) is 19.6. The highest BCUT2D eigenvalue weighted by molar-refractivity contribution is 7.89. The van der Waals surface area contributed by atoms with Gasteiger partial charge in [-0.2, -0.15) is 8.42 Å². The second-order valence-corrected chi connectivity index (χ2v) is 10.3. The number of furan rings is 1. The van der Waals surface area contributed by atoms with E-state index in [0.717, 1.165) is 6.07 Å². The maximum Gasteiger partial charge on any atom is 0.341 e. The molecule has 0 atom stereocenters. The summed E-state index contributed by atoms with van der Waals surface area (Å²) >= 11 is 0. The molecule has 1 heterocycles. The van der Waals surface area contributed by atoms with E-state index in [-0.39, 0.29) is 27.9 Å². The van der Waals surface area contributed by atoms with Gasteiger partial charge in [-0.1, -0.05) is 36.4 Å². The van der Waals surface area contributed by atoms with Gasteiger partial charge in [0, 0.05) is 18.8 Å². The van der Waals surface area contributed by atoms with Crippen LogP contribution in [0.3, 0.4) is 0 Å². The number of rotatable bonds is 8. The Hall–Kier alpha value is -3.80. The smallest absolute Gasteiger partial charge is 0.341 e. The number of hydrogen-bond acceptors (Lipinski definition) is 8. The van der Waals surface area contributed by atoms with Crippen molar-refractivity contribution in [2.45, 2.75) is 9.79 Å². The lowest BCUT2D eigenvalue weighted by Crippen LogP contribution is -2.21. The van der Waals surface area contributed by atoms with Crippen LogP contribution in [0.1, 0.15) is 0 Å². The van der Waals surface area contributed by atoms with Crippen LogP contribution in [0, 0.1) is 0 Å². The molecule has 0 radical (unpaired) electrons. The molecular formula is C23H21N3O6S2. The van der Waals surface area contributed by atoms with E-state index in [0.29, 0.717) is 5.69 Å². The molecule has 0 saturated heterocycles. The van der Waals surface area contributed by atoms with E-state index >= 15 is 0 Å². The molecule has 1 aromatic heterocycles. The number of nitrogens with one attached hydrogen (secondary N) is 1. The molecule has 34 heavy (non-hydrogen) atoms. The Kier molecular flexibility index (Phi) is 6.33. The van der Waals surface area contributed by atoms with E-state index in [2.05, 4.69) is 5.32 Å². The maximum atomic E-state index is 13.2. The van der Waals surface area contributed by atoms with Gasteiger partial charge in [-0.15, -0.1) is 0 Å². The summed E-state index contributed by atoms with van der Waals surface area (Å²) in [5, 5.41) is 8.38. The highest BCUT2D eigenvalue weighted by Crippen LogP contribution is 2.38. The van der Waals surface area contributed by atoms with Crippen molar-refractivity contribution in [3.8, 4) is 5.75 Å². The SMILES string of the molecule is CN(c1ccccc1)c1cc(Nc2ccco2)c(S(=O)(=O)Oc2ccccc2)cc1S(N)(=O)=O. The van der Waals surface area contributed by atoms with Gasteiger partial charge in [-0.25, -0.2) is 13.6 Å². The first kappa shape index (κ1) is 23.4. The van der Waals surface area contributed by atoms with Crippen LogP contribution >= 0.6 is 0 Å². The lowest BCUT2D eigenvalue weighted by atomic mass is 10.2. The normalized spacial score (nSPS) is 11.7. The lowest BCUT2D eigenvalue weighted by molar-refractivity contribution is 0.486. The predicted molar refractivity (Wildman–Crippen MR) is 129 cm³/mol. The van der Waals surface area contributed by atoms with Crippen molar-refractivity contribution < 1.29 is 25.4 Å². The summed E-state index contributed by atoms with van der Waals surface area (Å²) in [5.41, 5.74) is 0.852. The molecule has 3 N–H and O–H groups in total. The maximum absolute atomic E-state index is 13.2. The fourth-order valence-corrected chi connectivity index (χ4v) is 5.20. The standard InChI is InChI=1S/C23H21N3O6S2/c1-26(17-9-4-2-5-10-17)20-15-19(25-23-13-8-14-31-23)21(16-22(20)33(24,27)28)34(29,30)32-18-11-6-3-7-12-18/h2-16,25H,1H3,(H2,24,27,28). The van der Waals surface area contributed by atoms with Crippen LogP contribution in [0.5, 0.6) is 5.75 Å². The van der Waals surface area contributed by atoms with E-state index in [4.69, 9.17) is 13.7 Å². The van der Waals surface area contributed by atoms with E-state index in [9.17, 15) is 16.8 Å². The van der Waals surface area contributed by atoms with Crippen LogP contribution in [-0.2, 0) is 20.1 Å². The average Bonchev–Trinajstić information content (AvgIpc) is 3.31. The quantitative estimate of drug-likeness (QED) is 0.345. The van der Waals surface area contributed by atoms with Crippen molar-refractivity contribution in [3.63, 3.8) is 0 Å². The number of para-hydroxylation sites is 2. The summed E-state index contributed by atoms with van der Waals surface area (Å²) in [5.74, 6) is 0.307. The topological polar surface area (TPSA) is 132 Å². The van der Waals surface area contributed by atoms with Gasteiger partial charge in [0.25, 0.3) is 0 Å². The summed E-state index contributed by atoms with van der Waals surface area (Å²) in [6, 6.07) is 22.4. The summed E-state index contributed by atoms with van der Waals surface area (Å²) in [6.07, 6.45) is 1.41. The van der Waals surface area contributed by atoms with Crippen LogP contribution in [0.2, 0.25) is 0 Å². The van der Waals surface area contributed by atoms with Gasteiger partial charge in [0.05, 0.1) is 17.6 Å². The number of nitrogens with two attached hydrogens (primary N) is 1. The Morgan fingerprint density at radius 3 is 2.09 bits per heavy atom. The van der Waals surface area contributed by atoms with Gasteiger partial charge in [0.1, 0.15) is 15.5 Å². The molecule has 9 nitrogen and oxygen atoms in total. The fourth-order valence-electron chi connectivity index (χ4n) is 3.26. The molecule has 0 amide bonds. The van der Waals surface area contributed by atoms with Gasteiger partial charge in [0.2, 0.25) is 10.0 Å². The Morgan fingerprint density at radius 2 is 1.50 bits per heavy atom. The van der Waals surface area contributed by atoms with Gasteiger partial charge in [0.15, 0.2) is 5.88 Å². The van der Waals surface area contributed by atoms with Crippen molar-refractivity contribution in [1.29, 1.82) is 0 Å². The van der Waals surface area contributed by atoms with Crippen LogP contribution in [-0.4, -0.2) is 23.9 Å². The molecule has 0 spiro atoms. The summed E-state index contributed by atoms with van der Waals surface area (Å²) in [6.45, 7) is 0. The molecule has 176 valence electrons. The molecule has 0 aliphatic heterocycles. The van der Waals surface area contributed by atoms with E-state index in [1.54, 1.807) is 66.5 Å². The molecule has 3 aromatic carbocycles. The fraction of sp³-hybridized carbons (Fsp3) is 0.0435. The zero-order chi connectivity index (χ0) is 24.3. The van der Waals surface area contributed by atoms with Gasteiger partial charge in [-0.05, 0) is 42.5 Å². The minimum absolute atomic E-state index is 0.0380. The molecule has 0 aliphatic carbocycles. The summed E-state index contributed by atoms with van der Waals surface area (Å²) in [7, 11) is -7.17. The first-order valence-corrected chi connectivity index (χ1v) is 12.9. The second kappa shape index (κ2) is 9.21. The monoisotopic (exact) mass is 499 g/mol. The third-order valence-corrected chi connectivity index (χ3v) is 7.10. The molecule has 0 unspecified atom stereocenters. The Bertz CT molecular complexity index is 1490. The Morgan fingerprint density at radius 1 is 0.853 bits per heavy atom. The van der Waals surface area contributed by atoms with Crippen molar-refractivity contribution in [3.05, 3.63) is 91.2 Å². The van der Waals surface area contributed by atoms with Crippen molar-refractivity contribution >= 4 is 43.1 Å². The van der Waals surface area contributed by atoms with Gasteiger partial charge in [-0.3, -0.25) is 0 Å². The largest absolute Gasteiger partial charge is 0.449 e. The van der Waals surface area contributed by atoms with Gasteiger partial charge >= 0.3 is 10.1 Å². The van der Waals surface area contributed by atoms with E-state index < -0.39 is 25.0 Å². The molecule has 0 aliphatic rings. The molecule has 0 bridgehead atoms. The second-order valence-electron chi connectivity index (χ2n) is 7.21. The number of anilines is 4. The predicted octanol–water partition coefficient (Wildman–Crippen LogP) is 4.21. The highest BCUT2D eigenvalue weighted by atomic mass is 32.2. The number of benzene rings is 3. The third kappa shape index (κ3) is 5.06. The Balaban J connectivity index is 1.92. The molecule has 4 rings (SSSR count).